The predicted octanol–water partition coefficient (Wildman–Crippen LogP) is 2.74. The van der Waals surface area contributed by atoms with E-state index in [2.05, 4.69) is 15.2 Å². The van der Waals surface area contributed by atoms with Gasteiger partial charge in [0.25, 0.3) is 0 Å². The summed E-state index contributed by atoms with van der Waals surface area (Å²) in [4.78, 5) is 19.4. The number of carbonyl (C=O) groups is 1. The third-order valence-electron chi connectivity index (χ3n) is 5.05. The summed E-state index contributed by atoms with van der Waals surface area (Å²) in [6.45, 7) is 2.75. The molecule has 0 radical (unpaired) electrons. The standard InChI is InChI=1S/C18H27N3O/c22-18(13-15-5-3-6-15)21(14-16-7-1-2-11-20-16)17-8-4-10-19-12-9-17/h1-2,7,11,15,17,19H,3-6,8-10,12-14H2. The third-order valence-corrected chi connectivity index (χ3v) is 5.05. The topological polar surface area (TPSA) is 45.2 Å². The van der Waals surface area contributed by atoms with Crippen LogP contribution in [0.2, 0.25) is 0 Å². The predicted molar refractivity (Wildman–Crippen MR) is 87.3 cm³/mol. The molecule has 0 bridgehead atoms. The minimum Gasteiger partial charge on any atom is -0.334 e. The Labute approximate surface area is 133 Å². The molecule has 1 amide bonds. The van der Waals surface area contributed by atoms with E-state index < -0.39 is 0 Å². The van der Waals surface area contributed by atoms with Gasteiger partial charge < -0.3 is 10.2 Å². The summed E-state index contributed by atoms with van der Waals surface area (Å²) in [5.41, 5.74) is 1.00. The average Bonchev–Trinajstić information content (AvgIpc) is 2.78. The number of pyridine rings is 1. The lowest BCUT2D eigenvalue weighted by Gasteiger charge is -2.34. The van der Waals surface area contributed by atoms with Gasteiger partial charge in [0.2, 0.25) is 5.91 Å². The number of aromatic nitrogens is 1. The maximum absolute atomic E-state index is 12.8. The van der Waals surface area contributed by atoms with E-state index >= 15 is 0 Å². The highest BCUT2D eigenvalue weighted by Gasteiger charge is 2.28. The second-order valence-corrected chi connectivity index (χ2v) is 6.68. The summed E-state index contributed by atoms with van der Waals surface area (Å²) in [5, 5.41) is 3.44. The Bertz CT molecular complexity index is 464. The van der Waals surface area contributed by atoms with Gasteiger partial charge in [-0.05, 0) is 63.2 Å². The van der Waals surface area contributed by atoms with Crippen molar-refractivity contribution < 1.29 is 4.79 Å². The second-order valence-electron chi connectivity index (χ2n) is 6.68. The van der Waals surface area contributed by atoms with Gasteiger partial charge in [-0.15, -0.1) is 0 Å². The Balaban J connectivity index is 1.69. The number of carbonyl (C=O) groups excluding carboxylic acids is 1. The molecule has 4 heteroatoms. The number of hydrogen-bond acceptors (Lipinski definition) is 3. The Morgan fingerprint density at radius 3 is 2.82 bits per heavy atom. The van der Waals surface area contributed by atoms with Crippen molar-refractivity contribution in [2.24, 2.45) is 5.92 Å². The van der Waals surface area contributed by atoms with E-state index in [4.69, 9.17) is 0 Å². The monoisotopic (exact) mass is 301 g/mol. The van der Waals surface area contributed by atoms with Crippen LogP contribution in [0.3, 0.4) is 0 Å². The van der Waals surface area contributed by atoms with Gasteiger partial charge in [0.15, 0.2) is 0 Å². The zero-order valence-electron chi connectivity index (χ0n) is 13.3. The molecule has 1 aromatic heterocycles. The number of rotatable bonds is 5. The largest absolute Gasteiger partial charge is 0.334 e. The van der Waals surface area contributed by atoms with Crippen LogP contribution in [-0.4, -0.2) is 34.9 Å². The van der Waals surface area contributed by atoms with Crippen LogP contribution in [0.15, 0.2) is 24.4 Å². The number of amides is 1. The Morgan fingerprint density at radius 2 is 2.09 bits per heavy atom. The van der Waals surface area contributed by atoms with Crippen LogP contribution in [0.25, 0.3) is 0 Å². The van der Waals surface area contributed by atoms with Crippen molar-refractivity contribution in [2.45, 2.75) is 57.5 Å². The van der Waals surface area contributed by atoms with Crippen LogP contribution in [0.4, 0.5) is 0 Å². The van der Waals surface area contributed by atoms with Crippen molar-refractivity contribution in [3.63, 3.8) is 0 Å². The van der Waals surface area contributed by atoms with Crippen LogP contribution in [0.5, 0.6) is 0 Å². The Morgan fingerprint density at radius 1 is 1.18 bits per heavy atom. The molecule has 1 saturated carbocycles. The minimum absolute atomic E-state index is 0.335. The highest BCUT2D eigenvalue weighted by molar-refractivity contribution is 5.76. The molecule has 1 unspecified atom stereocenters. The zero-order chi connectivity index (χ0) is 15.2. The smallest absolute Gasteiger partial charge is 0.223 e. The molecule has 22 heavy (non-hydrogen) atoms. The van der Waals surface area contributed by atoms with E-state index in [1.165, 1.54) is 19.3 Å². The Hall–Kier alpha value is -1.42. The second kappa shape index (κ2) is 7.73. The quantitative estimate of drug-likeness (QED) is 0.909. The molecule has 2 fully saturated rings. The minimum atomic E-state index is 0.335. The fraction of sp³-hybridized carbons (Fsp3) is 0.667. The maximum Gasteiger partial charge on any atom is 0.223 e. The lowest BCUT2D eigenvalue weighted by atomic mass is 9.82. The molecule has 2 heterocycles. The zero-order valence-corrected chi connectivity index (χ0v) is 13.3. The molecular formula is C18H27N3O. The fourth-order valence-electron chi connectivity index (χ4n) is 3.46. The summed E-state index contributed by atoms with van der Waals surface area (Å²) in [7, 11) is 0. The summed E-state index contributed by atoms with van der Waals surface area (Å²) in [6.07, 6.45) is 9.63. The van der Waals surface area contributed by atoms with Gasteiger partial charge >= 0.3 is 0 Å². The van der Waals surface area contributed by atoms with Crippen molar-refractivity contribution in [3.05, 3.63) is 30.1 Å². The summed E-state index contributed by atoms with van der Waals surface area (Å²) in [5.74, 6) is 0.963. The lowest BCUT2D eigenvalue weighted by molar-refractivity contribution is -0.136. The van der Waals surface area contributed by atoms with Gasteiger partial charge in [-0.1, -0.05) is 12.5 Å². The SMILES string of the molecule is O=C(CC1CCC1)N(Cc1ccccn1)C1CCCNCC1. The first-order valence-electron chi connectivity index (χ1n) is 8.73. The number of nitrogens with one attached hydrogen (secondary N) is 1. The fourth-order valence-corrected chi connectivity index (χ4v) is 3.46. The molecule has 0 aromatic carbocycles. The molecule has 3 rings (SSSR count). The van der Waals surface area contributed by atoms with Gasteiger partial charge in [0.1, 0.15) is 0 Å². The molecule has 1 N–H and O–H groups in total. The Kier molecular flexibility index (Phi) is 5.43. The van der Waals surface area contributed by atoms with Crippen molar-refractivity contribution in [1.82, 2.24) is 15.2 Å². The summed E-state index contributed by atoms with van der Waals surface area (Å²) >= 11 is 0. The van der Waals surface area contributed by atoms with Crippen molar-refractivity contribution >= 4 is 5.91 Å². The van der Waals surface area contributed by atoms with Crippen molar-refractivity contribution in [2.75, 3.05) is 13.1 Å². The molecule has 1 saturated heterocycles. The van der Waals surface area contributed by atoms with Crippen LogP contribution in [0, 0.1) is 5.92 Å². The molecule has 1 aromatic rings. The van der Waals surface area contributed by atoms with Gasteiger partial charge in [0.05, 0.1) is 12.2 Å². The summed E-state index contributed by atoms with van der Waals surface area (Å²) < 4.78 is 0. The van der Waals surface area contributed by atoms with Crippen LogP contribution >= 0.6 is 0 Å². The highest BCUT2D eigenvalue weighted by atomic mass is 16.2. The van der Waals surface area contributed by atoms with E-state index in [1.807, 2.05) is 24.4 Å². The molecule has 2 aliphatic rings. The van der Waals surface area contributed by atoms with Crippen molar-refractivity contribution in [3.8, 4) is 0 Å². The van der Waals surface area contributed by atoms with Crippen molar-refractivity contribution in [1.29, 1.82) is 0 Å². The van der Waals surface area contributed by atoms with Gasteiger partial charge in [-0.3, -0.25) is 9.78 Å². The molecule has 120 valence electrons. The molecule has 4 nitrogen and oxygen atoms in total. The van der Waals surface area contributed by atoms with E-state index in [9.17, 15) is 4.79 Å². The number of hydrogen-bond donors (Lipinski definition) is 1. The molecular weight excluding hydrogens is 274 g/mol. The van der Waals surface area contributed by atoms with Crippen LogP contribution < -0.4 is 5.32 Å². The highest BCUT2D eigenvalue weighted by Crippen LogP contribution is 2.31. The molecule has 1 aliphatic carbocycles. The molecule has 0 spiro atoms. The average molecular weight is 301 g/mol. The maximum atomic E-state index is 12.8. The normalized spacial score (nSPS) is 22.6. The first kappa shape index (κ1) is 15.5. The van der Waals surface area contributed by atoms with Gasteiger partial charge in [-0.2, -0.15) is 0 Å². The lowest BCUT2D eigenvalue weighted by Crippen LogP contribution is -2.41. The first-order valence-corrected chi connectivity index (χ1v) is 8.73. The van der Waals surface area contributed by atoms with Crippen LogP contribution in [-0.2, 0) is 11.3 Å². The molecule has 1 aliphatic heterocycles. The van der Waals surface area contributed by atoms with Gasteiger partial charge in [-0.25, -0.2) is 0 Å². The van der Waals surface area contributed by atoms with E-state index in [-0.39, 0.29) is 0 Å². The molecule has 1 atom stereocenters. The first-order chi connectivity index (χ1) is 10.8. The van der Waals surface area contributed by atoms with E-state index in [1.54, 1.807) is 0 Å². The van der Waals surface area contributed by atoms with E-state index in [0.717, 1.165) is 44.5 Å². The van der Waals surface area contributed by atoms with E-state index in [0.29, 0.717) is 24.4 Å². The third kappa shape index (κ3) is 4.07. The van der Waals surface area contributed by atoms with Gasteiger partial charge in [0, 0.05) is 18.7 Å². The number of nitrogens with zero attached hydrogens (tertiary/aromatic N) is 2. The summed E-state index contributed by atoms with van der Waals surface area (Å²) in [6, 6.07) is 6.33. The van der Waals surface area contributed by atoms with Crippen LogP contribution in [0.1, 0.15) is 50.6 Å².